The smallest absolute Gasteiger partial charge is 0.243 e. The summed E-state index contributed by atoms with van der Waals surface area (Å²) in [6.45, 7) is 7.55. The van der Waals surface area contributed by atoms with Gasteiger partial charge in [0, 0.05) is 32.7 Å². The maximum absolute atomic E-state index is 11.8. The third-order valence-corrected chi connectivity index (χ3v) is 3.50. The van der Waals surface area contributed by atoms with Crippen molar-refractivity contribution < 1.29 is 9.53 Å². The zero-order valence-corrected chi connectivity index (χ0v) is 16.1. The van der Waals surface area contributed by atoms with Gasteiger partial charge in [-0.25, -0.2) is 4.99 Å². The van der Waals surface area contributed by atoms with E-state index in [0.29, 0.717) is 30.7 Å². The monoisotopic (exact) mass is 366 g/mol. The van der Waals surface area contributed by atoms with Gasteiger partial charge in [-0.3, -0.25) is 4.79 Å². The molecule has 0 spiro atoms. The van der Waals surface area contributed by atoms with Crippen LogP contribution >= 0.6 is 11.6 Å². The fourth-order valence-electron chi connectivity index (χ4n) is 1.79. The first-order valence-electron chi connectivity index (χ1n) is 8.02. The summed E-state index contributed by atoms with van der Waals surface area (Å²) in [5.74, 6) is 1.29. The minimum Gasteiger partial charge on any atom is -0.492 e. The van der Waals surface area contributed by atoms with E-state index in [4.69, 9.17) is 16.3 Å². The molecule has 0 bridgehead atoms. The standard InChI is InChI=1S/C18H27ClN4O2/c1-14(2)12-20-18(21-13-17(24)22(3)4)23(5)9-10-25-16-8-6-7-15(19)11-16/h6-8,11H,1,9-10,12-13H2,2-5H3,(H,20,21). The number of carbonyl (C=O) groups is 1. The lowest BCUT2D eigenvalue weighted by Crippen LogP contribution is -2.42. The fraction of sp³-hybridized carbons (Fsp3) is 0.444. The van der Waals surface area contributed by atoms with Gasteiger partial charge in [-0.2, -0.15) is 0 Å². The normalized spacial score (nSPS) is 11.0. The number of likely N-dealkylation sites (N-methyl/N-ethyl adjacent to an activating group) is 2. The third-order valence-electron chi connectivity index (χ3n) is 3.26. The summed E-state index contributed by atoms with van der Waals surface area (Å²) < 4.78 is 5.70. The lowest BCUT2D eigenvalue weighted by molar-refractivity contribution is -0.127. The number of halogens is 1. The highest BCUT2D eigenvalue weighted by Gasteiger charge is 2.09. The number of rotatable bonds is 8. The number of carbonyl (C=O) groups excluding carboxylic acids is 1. The summed E-state index contributed by atoms with van der Waals surface area (Å²) in [7, 11) is 5.31. The number of guanidine groups is 1. The Kier molecular flexibility index (Phi) is 8.84. The summed E-state index contributed by atoms with van der Waals surface area (Å²) in [4.78, 5) is 19.6. The molecule has 25 heavy (non-hydrogen) atoms. The summed E-state index contributed by atoms with van der Waals surface area (Å²) >= 11 is 5.94. The van der Waals surface area contributed by atoms with Gasteiger partial charge in [0.05, 0.1) is 6.54 Å². The lowest BCUT2D eigenvalue weighted by Gasteiger charge is -2.23. The second-order valence-corrected chi connectivity index (χ2v) is 6.40. The van der Waals surface area contributed by atoms with Crippen LogP contribution in [0, 0.1) is 0 Å². The number of aliphatic imine (C=N–C) groups is 1. The summed E-state index contributed by atoms with van der Waals surface area (Å²) in [5.41, 5.74) is 0.982. The molecule has 1 aromatic carbocycles. The Labute approximate surface area is 155 Å². The molecule has 7 heteroatoms. The highest BCUT2D eigenvalue weighted by Crippen LogP contribution is 2.16. The quantitative estimate of drug-likeness (QED) is 0.435. The molecule has 0 aliphatic heterocycles. The van der Waals surface area contributed by atoms with Crippen LogP contribution < -0.4 is 10.1 Å². The van der Waals surface area contributed by atoms with Crippen LogP contribution in [-0.4, -0.2) is 69.1 Å². The maximum Gasteiger partial charge on any atom is 0.243 e. The number of hydrogen-bond acceptors (Lipinski definition) is 3. The molecule has 138 valence electrons. The SMILES string of the molecule is C=C(C)CNC(=NCC(=O)N(C)C)N(C)CCOc1cccc(Cl)c1. The third kappa shape index (κ3) is 8.44. The van der Waals surface area contributed by atoms with Crippen molar-refractivity contribution in [3.8, 4) is 5.75 Å². The molecule has 1 aromatic rings. The van der Waals surface area contributed by atoms with Crippen LogP contribution in [0.1, 0.15) is 6.92 Å². The summed E-state index contributed by atoms with van der Waals surface area (Å²) in [5, 5.41) is 3.84. The fourth-order valence-corrected chi connectivity index (χ4v) is 1.97. The molecule has 6 nitrogen and oxygen atoms in total. The van der Waals surface area contributed by atoms with Crippen LogP contribution in [0.15, 0.2) is 41.4 Å². The zero-order chi connectivity index (χ0) is 18.8. The first-order chi connectivity index (χ1) is 11.8. The average Bonchev–Trinajstić information content (AvgIpc) is 2.54. The van der Waals surface area contributed by atoms with E-state index in [9.17, 15) is 4.79 Å². The largest absolute Gasteiger partial charge is 0.492 e. The van der Waals surface area contributed by atoms with E-state index in [0.717, 1.165) is 11.3 Å². The van der Waals surface area contributed by atoms with Crippen molar-refractivity contribution >= 4 is 23.5 Å². The van der Waals surface area contributed by atoms with Crippen LogP contribution in [0.4, 0.5) is 0 Å². The van der Waals surface area contributed by atoms with Crippen molar-refractivity contribution in [2.24, 2.45) is 4.99 Å². The van der Waals surface area contributed by atoms with Gasteiger partial charge in [-0.1, -0.05) is 29.8 Å². The minimum absolute atomic E-state index is 0.0572. The van der Waals surface area contributed by atoms with Gasteiger partial charge in [0.25, 0.3) is 0 Å². The number of benzene rings is 1. The Morgan fingerprint density at radius 2 is 2.08 bits per heavy atom. The molecule has 0 aromatic heterocycles. The number of nitrogens with one attached hydrogen (secondary N) is 1. The van der Waals surface area contributed by atoms with E-state index in [1.807, 2.05) is 31.0 Å². The number of nitrogens with zero attached hydrogens (tertiary/aromatic N) is 3. The predicted molar refractivity (Wildman–Crippen MR) is 103 cm³/mol. The number of amides is 1. The Morgan fingerprint density at radius 1 is 1.36 bits per heavy atom. The molecule has 0 fully saturated rings. The van der Waals surface area contributed by atoms with Crippen LogP contribution in [0.3, 0.4) is 0 Å². The maximum atomic E-state index is 11.8. The van der Waals surface area contributed by atoms with E-state index in [1.165, 1.54) is 4.90 Å². The molecule has 1 rings (SSSR count). The molecule has 0 atom stereocenters. The molecule has 1 amide bonds. The van der Waals surface area contributed by atoms with E-state index < -0.39 is 0 Å². The lowest BCUT2D eigenvalue weighted by atomic mass is 10.3. The van der Waals surface area contributed by atoms with Gasteiger partial charge in [-0.15, -0.1) is 0 Å². The summed E-state index contributed by atoms with van der Waals surface area (Å²) in [6, 6.07) is 7.27. The number of hydrogen-bond donors (Lipinski definition) is 1. The first kappa shape index (κ1) is 20.8. The van der Waals surface area contributed by atoms with Crippen molar-refractivity contribution in [1.29, 1.82) is 0 Å². The Bertz CT molecular complexity index is 617. The Balaban J connectivity index is 2.61. The Morgan fingerprint density at radius 3 is 2.68 bits per heavy atom. The highest BCUT2D eigenvalue weighted by molar-refractivity contribution is 6.30. The van der Waals surface area contributed by atoms with Crippen LogP contribution in [-0.2, 0) is 4.79 Å². The van der Waals surface area contributed by atoms with Gasteiger partial charge in [0.15, 0.2) is 5.96 Å². The van der Waals surface area contributed by atoms with Crippen molar-refractivity contribution in [2.45, 2.75) is 6.92 Å². The van der Waals surface area contributed by atoms with E-state index in [2.05, 4.69) is 16.9 Å². The van der Waals surface area contributed by atoms with Crippen molar-refractivity contribution in [2.75, 3.05) is 47.4 Å². The van der Waals surface area contributed by atoms with Crippen molar-refractivity contribution in [3.63, 3.8) is 0 Å². The molecule has 0 saturated carbocycles. The summed E-state index contributed by atoms with van der Waals surface area (Å²) in [6.07, 6.45) is 0. The van der Waals surface area contributed by atoms with Crippen LogP contribution in [0.5, 0.6) is 5.75 Å². The highest BCUT2D eigenvalue weighted by atomic mass is 35.5. The van der Waals surface area contributed by atoms with E-state index in [1.54, 1.807) is 26.2 Å². The van der Waals surface area contributed by atoms with Gasteiger partial charge in [-0.05, 0) is 25.1 Å². The van der Waals surface area contributed by atoms with E-state index in [-0.39, 0.29) is 12.5 Å². The Hall–Kier alpha value is -2.21. The van der Waals surface area contributed by atoms with Crippen LogP contribution in [0.25, 0.3) is 0 Å². The van der Waals surface area contributed by atoms with Crippen LogP contribution in [0.2, 0.25) is 5.02 Å². The molecule has 0 heterocycles. The minimum atomic E-state index is -0.0572. The topological polar surface area (TPSA) is 57.2 Å². The molecule has 0 saturated heterocycles. The number of ether oxygens (including phenoxy) is 1. The molecule has 1 N–H and O–H groups in total. The zero-order valence-electron chi connectivity index (χ0n) is 15.4. The first-order valence-corrected chi connectivity index (χ1v) is 8.39. The molecule has 0 radical (unpaired) electrons. The van der Waals surface area contributed by atoms with Crippen molar-refractivity contribution in [3.05, 3.63) is 41.4 Å². The predicted octanol–water partition coefficient (Wildman–Crippen LogP) is 2.26. The van der Waals surface area contributed by atoms with Crippen molar-refractivity contribution in [1.82, 2.24) is 15.1 Å². The van der Waals surface area contributed by atoms with Gasteiger partial charge < -0.3 is 19.9 Å². The molecule has 0 aliphatic carbocycles. The molecule has 0 aliphatic rings. The van der Waals surface area contributed by atoms with Gasteiger partial charge in [0.1, 0.15) is 18.9 Å². The molecular weight excluding hydrogens is 340 g/mol. The van der Waals surface area contributed by atoms with E-state index >= 15 is 0 Å². The van der Waals surface area contributed by atoms with Gasteiger partial charge >= 0.3 is 0 Å². The second kappa shape index (κ2) is 10.6. The average molecular weight is 367 g/mol. The molecular formula is C18H27ClN4O2. The molecule has 0 unspecified atom stereocenters. The van der Waals surface area contributed by atoms with Gasteiger partial charge in [0.2, 0.25) is 5.91 Å². The second-order valence-electron chi connectivity index (χ2n) is 5.97.